The number of non-ortho nitro benzene ring substituents is 1. The number of fused-ring (bicyclic) bond motifs is 1. The van der Waals surface area contributed by atoms with Gasteiger partial charge in [-0.25, -0.2) is 9.59 Å². The summed E-state index contributed by atoms with van der Waals surface area (Å²) in [7, 11) is 1.28. The van der Waals surface area contributed by atoms with Gasteiger partial charge in [0.1, 0.15) is 10.6 Å². The normalized spacial score (nSPS) is 10.4. The fourth-order valence-electron chi connectivity index (χ4n) is 2.18. The molecule has 2 aromatic carbocycles. The number of esters is 2. The van der Waals surface area contributed by atoms with Gasteiger partial charge in [0.2, 0.25) is 0 Å². The molecule has 0 atom stereocenters. The third kappa shape index (κ3) is 3.48. The Bertz CT molecular complexity index is 976. The van der Waals surface area contributed by atoms with Gasteiger partial charge in [0.15, 0.2) is 0 Å². The molecule has 0 bridgehead atoms. The number of ether oxygens (including phenoxy) is 2. The van der Waals surface area contributed by atoms with Crippen molar-refractivity contribution in [2.75, 3.05) is 7.11 Å². The lowest BCUT2D eigenvalue weighted by Gasteiger charge is -2.03. The van der Waals surface area contributed by atoms with E-state index in [1.54, 1.807) is 12.1 Å². The number of nitro benzene ring substituents is 1. The van der Waals surface area contributed by atoms with Crippen LogP contribution in [0.1, 0.15) is 20.0 Å². The summed E-state index contributed by atoms with van der Waals surface area (Å²) in [5.41, 5.74) is 0.306. The maximum atomic E-state index is 12.2. The standard InChI is InChI=1S/C17H11NO6S/c1-23-16(19)10-2-5-13(6-3-10)24-17(20)15-9-11-8-12(18(21)22)4-7-14(11)25-15/h2-9H,1H3. The van der Waals surface area contributed by atoms with E-state index in [0.29, 0.717) is 15.8 Å². The highest BCUT2D eigenvalue weighted by Crippen LogP contribution is 2.29. The van der Waals surface area contributed by atoms with E-state index in [1.807, 2.05) is 0 Å². The third-order valence-electron chi connectivity index (χ3n) is 3.40. The van der Waals surface area contributed by atoms with Crippen molar-refractivity contribution < 1.29 is 24.0 Å². The van der Waals surface area contributed by atoms with Crippen molar-refractivity contribution in [3.05, 3.63) is 69.1 Å². The van der Waals surface area contributed by atoms with Crippen molar-refractivity contribution in [3.63, 3.8) is 0 Å². The first-order valence-corrected chi connectivity index (χ1v) is 7.88. The average molecular weight is 357 g/mol. The number of nitro groups is 1. The molecule has 0 radical (unpaired) electrons. The molecule has 3 aromatic rings. The molecule has 8 heteroatoms. The van der Waals surface area contributed by atoms with Crippen molar-refractivity contribution in [1.29, 1.82) is 0 Å². The van der Waals surface area contributed by atoms with Crippen LogP contribution in [0.5, 0.6) is 5.75 Å². The lowest BCUT2D eigenvalue weighted by molar-refractivity contribution is -0.384. The largest absolute Gasteiger partial charge is 0.465 e. The Morgan fingerprint density at radius 2 is 1.76 bits per heavy atom. The van der Waals surface area contributed by atoms with E-state index in [1.165, 1.54) is 54.8 Å². The van der Waals surface area contributed by atoms with Gasteiger partial charge in [0, 0.05) is 22.2 Å². The Morgan fingerprint density at radius 1 is 1.04 bits per heavy atom. The molecule has 0 N–H and O–H groups in total. The minimum Gasteiger partial charge on any atom is -0.465 e. The van der Waals surface area contributed by atoms with E-state index >= 15 is 0 Å². The molecule has 1 heterocycles. The zero-order valence-electron chi connectivity index (χ0n) is 12.9. The molecule has 0 fully saturated rings. The highest BCUT2D eigenvalue weighted by atomic mass is 32.1. The zero-order valence-corrected chi connectivity index (χ0v) is 13.7. The highest BCUT2D eigenvalue weighted by Gasteiger charge is 2.15. The molecule has 0 saturated heterocycles. The Morgan fingerprint density at radius 3 is 2.40 bits per heavy atom. The molecule has 126 valence electrons. The summed E-state index contributed by atoms with van der Waals surface area (Å²) < 4.78 is 10.6. The van der Waals surface area contributed by atoms with Crippen LogP contribution < -0.4 is 4.74 Å². The van der Waals surface area contributed by atoms with Gasteiger partial charge < -0.3 is 9.47 Å². The van der Waals surface area contributed by atoms with Crippen molar-refractivity contribution >= 4 is 39.0 Å². The quantitative estimate of drug-likeness (QED) is 0.305. The van der Waals surface area contributed by atoms with Crippen LogP contribution >= 0.6 is 11.3 Å². The summed E-state index contributed by atoms with van der Waals surface area (Å²) >= 11 is 1.19. The number of thiophene rings is 1. The third-order valence-corrected chi connectivity index (χ3v) is 4.49. The first kappa shape index (κ1) is 16.6. The molecule has 0 aliphatic carbocycles. The number of hydrogen-bond donors (Lipinski definition) is 0. The summed E-state index contributed by atoms with van der Waals surface area (Å²) in [6.07, 6.45) is 0. The molecular formula is C17H11NO6S. The molecule has 0 saturated carbocycles. The SMILES string of the molecule is COC(=O)c1ccc(OC(=O)c2cc3cc([N+](=O)[O-])ccc3s2)cc1. The van der Waals surface area contributed by atoms with Gasteiger partial charge in [-0.2, -0.15) is 0 Å². The second-order valence-electron chi connectivity index (χ2n) is 5.00. The van der Waals surface area contributed by atoms with Gasteiger partial charge in [0.05, 0.1) is 17.6 Å². The predicted molar refractivity (Wildman–Crippen MR) is 91.2 cm³/mol. The first-order valence-electron chi connectivity index (χ1n) is 7.06. The Labute approximate surface area is 145 Å². The van der Waals surface area contributed by atoms with E-state index < -0.39 is 16.9 Å². The Hall–Kier alpha value is -3.26. The molecule has 0 amide bonds. The van der Waals surface area contributed by atoms with Crippen molar-refractivity contribution in [3.8, 4) is 5.75 Å². The van der Waals surface area contributed by atoms with Crippen LogP contribution in [0, 0.1) is 10.1 Å². The second kappa shape index (κ2) is 6.70. The highest BCUT2D eigenvalue weighted by molar-refractivity contribution is 7.20. The van der Waals surface area contributed by atoms with Crippen LogP contribution in [-0.4, -0.2) is 24.0 Å². The maximum absolute atomic E-state index is 12.2. The van der Waals surface area contributed by atoms with Gasteiger partial charge in [0.25, 0.3) is 5.69 Å². The van der Waals surface area contributed by atoms with E-state index in [-0.39, 0.29) is 11.4 Å². The van der Waals surface area contributed by atoms with Crippen LogP contribution in [0.25, 0.3) is 10.1 Å². The molecule has 7 nitrogen and oxygen atoms in total. The number of carbonyl (C=O) groups excluding carboxylic acids is 2. The summed E-state index contributed by atoms with van der Waals surface area (Å²) in [6, 6.07) is 11.9. The van der Waals surface area contributed by atoms with Gasteiger partial charge in [-0.1, -0.05) is 0 Å². The van der Waals surface area contributed by atoms with E-state index in [9.17, 15) is 19.7 Å². The molecule has 0 unspecified atom stereocenters. The van der Waals surface area contributed by atoms with Gasteiger partial charge in [-0.15, -0.1) is 11.3 Å². The van der Waals surface area contributed by atoms with Crippen LogP contribution in [-0.2, 0) is 4.74 Å². The summed E-state index contributed by atoms with van der Waals surface area (Å²) in [5, 5.41) is 11.4. The number of nitrogens with zero attached hydrogens (tertiary/aromatic N) is 1. The van der Waals surface area contributed by atoms with Gasteiger partial charge >= 0.3 is 11.9 Å². The molecule has 3 rings (SSSR count). The maximum Gasteiger partial charge on any atom is 0.353 e. The number of hydrogen-bond acceptors (Lipinski definition) is 7. The number of methoxy groups -OCH3 is 1. The molecular weight excluding hydrogens is 346 g/mol. The predicted octanol–water partition coefficient (Wildman–Crippen LogP) is 3.82. The van der Waals surface area contributed by atoms with E-state index in [0.717, 1.165) is 4.70 Å². The van der Waals surface area contributed by atoms with E-state index in [4.69, 9.17) is 4.74 Å². The van der Waals surface area contributed by atoms with Crippen LogP contribution in [0.4, 0.5) is 5.69 Å². The van der Waals surface area contributed by atoms with Crippen LogP contribution in [0.15, 0.2) is 48.5 Å². The van der Waals surface area contributed by atoms with Crippen molar-refractivity contribution in [2.24, 2.45) is 0 Å². The molecule has 0 aliphatic rings. The van der Waals surface area contributed by atoms with Crippen LogP contribution in [0.2, 0.25) is 0 Å². The van der Waals surface area contributed by atoms with Gasteiger partial charge in [-0.3, -0.25) is 10.1 Å². The van der Waals surface area contributed by atoms with Crippen molar-refractivity contribution in [1.82, 2.24) is 0 Å². The summed E-state index contributed by atoms with van der Waals surface area (Å²) in [5.74, 6) is -0.778. The summed E-state index contributed by atoms with van der Waals surface area (Å²) in [6.45, 7) is 0. The Balaban J connectivity index is 1.80. The lowest BCUT2D eigenvalue weighted by Crippen LogP contribution is -2.07. The fraction of sp³-hybridized carbons (Fsp3) is 0.0588. The fourth-order valence-corrected chi connectivity index (χ4v) is 3.10. The zero-order chi connectivity index (χ0) is 18.0. The number of benzene rings is 2. The van der Waals surface area contributed by atoms with E-state index in [2.05, 4.69) is 4.74 Å². The number of rotatable bonds is 4. The summed E-state index contributed by atoms with van der Waals surface area (Å²) in [4.78, 5) is 34.3. The lowest BCUT2D eigenvalue weighted by atomic mass is 10.2. The Kier molecular flexibility index (Phi) is 4.44. The minimum atomic E-state index is -0.574. The van der Waals surface area contributed by atoms with Crippen LogP contribution in [0.3, 0.4) is 0 Å². The average Bonchev–Trinajstić information content (AvgIpc) is 3.05. The number of carbonyl (C=O) groups is 2. The molecule has 1 aromatic heterocycles. The topological polar surface area (TPSA) is 95.7 Å². The van der Waals surface area contributed by atoms with Gasteiger partial charge in [-0.05, 0) is 36.4 Å². The molecule has 0 spiro atoms. The first-order chi connectivity index (χ1) is 12.0. The van der Waals surface area contributed by atoms with Crippen molar-refractivity contribution in [2.45, 2.75) is 0 Å². The molecule has 0 aliphatic heterocycles. The second-order valence-corrected chi connectivity index (χ2v) is 6.08. The molecule has 25 heavy (non-hydrogen) atoms. The minimum absolute atomic E-state index is 0.0383. The monoisotopic (exact) mass is 357 g/mol. The smallest absolute Gasteiger partial charge is 0.353 e.